The maximum Gasteiger partial charge on any atom is 0.347 e. The van der Waals surface area contributed by atoms with E-state index in [4.69, 9.17) is 16.7 Å². The van der Waals surface area contributed by atoms with Gasteiger partial charge in [-0.25, -0.2) is 9.78 Å². The molecule has 0 radical (unpaired) electrons. The van der Waals surface area contributed by atoms with Crippen molar-refractivity contribution in [3.05, 3.63) is 45.4 Å². The minimum absolute atomic E-state index is 0.302. The Hall–Kier alpha value is -1.04. The fraction of sp³-hybridized carbons (Fsp3) is 0.167. The van der Waals surface area contributed by atoms with Gasteiger partial charge in [-0.3, -0.25) is 0 Å². The molecule has 1 aromatic carbocycles. The van der Waals surface area contributed by atoms with Crippen molar-refractivity contribution in [1.29, 1.82) is 0 Å². The average Bonchev–Trinajstić information content (AvgIpc) is 2.70. The van der Waals surface area contributed by atoms with Crippen LogP contribution in [0.3, 0.4) is 0 Å². The molecule has 18 heavy (non-hydrogen) atoms. The van der Waals surface area contributed by atoms with Crippen LogP contribution in [0.4, 0.5) is 0 Å². The van der Waals surface area contributed by atoms with E-state index in [9.17, 15) is 4.79 Å². The van der Waals surface area contributed by atoms with Gasteiger partial charge in [-0.15, -0.1) is 11.3 Å². The summed E-state index contributed by atoms with van der Waals surface area (Å²) in [4.78, 5) is 15.4. The minimum atomic E-state index is -0.922. The predicted molar refractivity (Wildman–Crippen MR) is 74.8 cm³/mol. The van der Waals surface area contributed by atoms with Crippen LogP contribution in [-0.2, 0) is 5.75 Å². The van der Waals surface area contributed by atoms with Crippen molar-refractivity contribution >= 4 is 40.7 Å². The summed E-state index contributed by atoms with van der Waals surface area (Å²) in [6, 6.07) is 7.60. The number of hydrogen-bond acceptors (Lipinski definition) is 4. The largest absolute Gasteiger partial charge is 0.477 e. The highest BCUT2D eigenvalue weighted by Crippen LogP contribution is 2.31. The normalized spacial score (nSPS) is 10.6. The maximum atomic E-state index is 10.9. The van der Waals surface area contributed by atoms with Gasteiger partial charge in [0.1, 0.15) is 4.88 Å². The van der Waals surface area contributed by atoms with Gasteiger partial charge in [-0.1, -0.05) is 41.6 Å². The highest BCUT2D eigenvalue weighted by Gasteiger charge is 2.14. The van der Waals surface area contributed by atoms with E-state index in [1.165, 1.54) is 23.1 Å². The van der Waals surface area contributed by atoms with Crippen LogP contribution in [0.25, 0.3) is 0 Å². The van der Waals surface area contributed by atoms with Gasteiger partial charge in [-0.2, -0.15) is 0 Å². The zero-order valence-electron chi connectivity index (χ0n) is 9.51. The Morgan fingerprint density at radius 1 is 1.50 bits per heavy atom. The third-order valence-electron chi connectivity index (χ3n) is 2.28. The van der Waals surface area contributed by atoms with Gasteiger partial charge in [0, 0.05) is 10.8 Å². The first kappa shape index (κ1) is 13.4. The first-order chi connectivity index (χ1) is 8.58. The summed E-state index contributed by atoms with van der Waals surface area (Å²) in [6.45, 7) is 1.71. The van der Waals surface area contributed by atoms with Crippen LogP contribution in [0.2, 0.25) is 5.02 Å². The molecule has 0 amide bonds. The van der Waals surface area contributed by atoms with E-state index in [1.54, 1.807) is 6.92 Å². The van der Waals surface area contributed by atoms with Gasteiger partial charge in [0.05, 0.1) is 5.69 Å². The van der Waals surface area contributed by atoms with Gasteiger partial charge < -0.3 is 5.11 Å². The SMILES string of the molecule is Cc1nc(SCc2ccccc2Cl)sc1C(=O)O. The van der Waals surface area contributed by atoms with Crippen molar-refractivity contribution in [1.82, 2.24) is 4.98 Å². The monoisotopic (exact) mass is 299 g/mol. The average molecular weight is 300 g/mol. The zero-order chi connectivity index (χ0) is 13.1. The fourth-order valence-electron chi connectivity index (χ4n) is 1.39. The van der Waals surface area contributed by atoms with Crippen molar-refractivity contribution in [3.63, 3.8) is 0 Å². The number of thioether (sulfide) groups is 1. The lowest BCUT2D eigenvalue weighted by molar-refractivity contribution is 0.0701. The standard InChI is InChI=1S/C12H10ClNO2S2/c1-7-10(11(15)16)18-12(14-7)17-6-8-4-2-3-5-9(8)13/h2-5H,6H2,1H3,(H,15,16). The molecular formula is C12H10ClNO2S2. The van der Waals surface area contributed by atoms with Crippen LogP contribution in [0.1, 0.15) is 20.9 Å². The lowest BCUT2D eigenvalue weighted by Gasteiger charge is -2.01. The summed E-state index contributed by atoms with van der Waals surface area (Å²) in [5.74, 6) is -0.235. The second kappa shape index (κ2) is 5.73. The number of aromatic carboxylic acids is 1. The molecule has 2 aromatic rings. The first-order valence-corrected chi connectivity index (χ1v) is 7.33. The summed E-state index contributed by atoms with van der Waals surface area (Å²) >= 11 is 8.75. The summed E-state index contributed by atoms with van der Waals surface area (Å²) in [5.41, 5.74) is 1.59. The molecule has 0 spiro atoms. The lowest BCUT2D eigenvalue weighted by atomic mass is 10.2. The van der Waals surface area contributed by atoms with Crippen LogP contribution < -0.4 is 0 Å². The van der Waals surface area contributed by atoms with Crippen molar-refractivity contribution in [2.45, 2.75) is 17.0 Å². The molecule has 0 aliphatic rings. The van der Waals surface area contributed by atoms with Crippen LogP contribution in [0.15, 0.2) is 28.6 Å². The molecule has 94 valence electrons. The van der Waals surface area contributed by atoms with E-state index in [1.807, 2.05) is 24.3 Å². The van der Waals surface area contributed by atoms with Gasteiger partial charge in [0.15, 0.2) is 4.34 Å². The molecule has 2 rings (SSSR count). The molecule has 1 aromatic heterocycles. The Kier molecular flexibility index (Phi) is 4.27. The molecule has 0 fully saturated rings. The van der Waals surface area contributed by atoms with Gasteiger partial charge in [0.2, 0.25) is 0 Å². The van der Waals surface area contributed by atoms with E-state index in [-0.39, 0.29) is 0 Å². The van der Waals surface area contributed by atoms with Crippen molar-refractivity contribution < 1.29 is 9.90 Å². The van der Waals surface area contributed by atoms with Crippen LogP contribution in [0.5, 0.6) is 0 Å². The molecule has 0 saturated carbocycles. The highest BCUT2D eigenvalue weighted by atomic mass is 35.5. The molecule has 0 aliphatic carbocycles. The van der Waals surface area contributed by atoms with E-state index >= 15 is 0 Å². The molecule has 1 heterocycles. The van der Waals surface area contributed by atoms with Crippen LogP contribution >= 0.6 is 34.7 Å². The molecule has 0 saturated heterocycles. The first-order valence-electron chi connectivity index (χ1n) is 5.15. The summed E-state index contributed by atoms with van der Waals surface area (Å²) in [6.07, 6.45) is 0. The quantitative estimate of drug-likeness (QED) is 0.864. The number of aryl methyl sites for hydroxylation is 1. The number of carbonyl (C=O) groups is 1. The molecule has 0 unspecified atom stereocenters. The summed E-state index contributed by atoms with van der Waals surface area (Å²) in [7, 11) is 0. The molecule has 0 atom stereocenters. The Bertz CT molecular complexity index is 583. The number of aromatic nitrogens is 1. The van der Waals surface area contributed by atoms with Crippen molar-refractivity contribution in [2.75, 3.05) is 0 Å². The topological polar surface area (TPSA) is 50.2 Å². The lowest BCUT2D eigenvalue weighted by Crippen LogP contribution is -1.94. The number of halogens is 1. The number of carboxylic acid groups (broad SMARTS) is 1. The van der Waals surface area contributed by atoms with Crippen molar-refractivity contribution in [2.24, 2.45) is 0 Å². The van der Waals surface area contributed by atoms with E-state index in [0.29, 0.717) is 16.3 Å². The molecular weight excluding hydrogens is 290 g/mol. The second-order valence-electron chi connectivity index (χ2n) is 3.58. The molecule has 6 heteroatoms. The maximum absolute atomic E-state index is 10.9. The number of rotatable bonds is 4. The van der Waals surface area contributed by atoms with Gasteiger partial charge >= 0.3 is 5.97 Å². The summed E-state index contributed by atoms with van der Waals surface area (Å²) in [5, 5.41) is 9.67. The minimum Gasteiger partial charge on any atom is -0.477 e. The number of thiazole rings is 1. The number of benzene rings is 1. The number of hydrogen-bond donors (Lipinski definition) is 1. The smallest absolute Gasteiger partial charge is 0.347 e. The van der Waals surface area contributed by atoms with E-state index in [0.717, 1.165) is 14.9 Å². The predicted octanol–water partition coefficient (Wildman–Crippen LogP) is 4.10. The Morgan fingerprint density at radius 2 is 2.22 bits per heavy atom. The third-order valence-corrected chi connectivity index (χ3v) is 4.99. The molecule has 0 aliphatic heterocycles. The van der Waals surface area contributed by atoms with E-state index < -0.39 is 5.97 Å². The summed E-state index contributed by atoms with van der Waals surface area (Å²) < 4.78 is 0.754. The number of nitrogens with zero attached hydrogens (tertiary/aromatic N) is 1. The zero-order valence-corrected chi connectivity index (χ0v) is 11.9. The molecule has 0 bridgehead atoms. The Morgan fingerprint density at radius 3 is 2.83 bits per heavy atom. The second-order valence-corrected chi connectivity index (χ2v) is 6.21. The fourth-order valence-corrected chi connectivity index (χ4v) is 3.70. The van der Waals surface area contributed by atoms with Crippen LogP contribution in [-0.4, -0.2) is 16.1 Å². The van der Waals surface area contributed by atoms with Crippen molar-refractivity contribution in [3.8, 4) is 0 Å². The highest BCUT2D eigenvalue weighted by molar-refractivity contribution is 8.00. The van der Waals surface area contributed by atoms with Gasteiger partial charge in [-0.05, 0) is 18.6 Å². The van der Waals surface area contributed by atoms with Crippen LogP contribution in [0, 0.1) is 6.92 Å². The molecule has 1 N–H and O–H groups in total. The Balaban J connectivity index is 2.09. The molecule has 3 nitrogen and oxygen atoms in total. The Labute approximate surface area is 118 Å². The number of carboxylic acids is 1. The van der Waals surface area contributed by atoms with Gasteiger partial charge in [0.25, 0.3) is 0 Å². The van der Waals surface area contributed by atoms with E-state index in [2.05, 4.69) is 4.98 Å². The third kappa shape index (κ3) is 3.04.